The molecule has 1 heterocycles. The van der Waals surface area contributed by atoms with Crippen LogP contribution >= 0.6 is 24.0 Å². The lowest BCUT2D eigenvalue weighted by Gasteiger charge is -2.27. The number of thiocarbonyl (C=S) groups is 1. The SMILES string of the molecule is COc1cccc(/C=C2/SC(=S)N([C@@H](CC(=O)[O-])C(=O)[O-])C2=O)c1OC. The highest BCUT2D eigenvalue weighted by atomic mass is 32.2. The molecule has 0 unspecified atom stereocenters. The maximum atomic E-state index is 12.6. The van der Waals surface area contributed by atoms with Crippen molar-refractivity contribution in [2.75, 3.05) is 14.2 Å². The summed E-state index contributed by atoms with van der Waals surface area (Å²) in [6.45, 7) is 0. The number of aliphatic carboxylic acids is 2. The van der Waals surface area contributed by atoms with Crippen LogP contribution in [0.3, 0.4) is 0 Å². The average molecular weight is 395 g/mol. The van der Waals surface area contributed by atoms with Gasteiger partial charge in [-0.1, -0.05) is 36.1 Å². The van der Waals surface area contributed by atoms with Crippen molar-refractivity contribution in [3.8, 4) is 11.5 Å². The first kappa shape index (κ1) is 19.7. The number of methoxy groups -OCH3 is 2. The quantitative estimate of drug-likeness (QED) is 0.430. The van der Waals surface area contributed by atoms with Gasteiger partial charge in [0.05, 0.1) is 31.1 Å². The second-order valence-electron chi connectivity index (χ2n) is 5.05. The highest BCUT2D eigenvalue weighted by Crippen LogP contribution is 2.38. The van der Waals surface area contributed by atoms with E-state index in [1.165, 1.54) is 20.3 Å². The van der Waals surface area contributed by atoms with E-state index < -0.39 is 30.3 Å². The Morgan fingerprint density at radius 2 is 2.00 bits per heavy atom. The minimum absolute atomic E-state index is 0.0847. The largest absolute Gasteiger partial charge is 0.550 e. The molecule has 0 bridgehead atoms. The molecule has 1 aromatic rings. The van der Waals surface area contributed by atoms with Crippen LogP contribution in [0.1, 0.15) is 12.0 Å². The third kappa shape index (κ3) is 3.97. The zero-order valence-corrected chi connectivity index (χ0v) is 15.3. The number of carbonyl (C=O) groups is 3. The molecule has 26 heavy (non-hydrogen) atoms. The highest BCUT2D eigenvalue weighted by molar-refractivity contribution is 8.26. The molecule has 1 amide bonds. The topological polar surface area (TPSA) is 119 Å². The van der Waals surface area contributed by atoms with Gasteiger partial charge in [-0.15, -0.1) is 0 Å². The Hall–Kier alpha value is -2.59. The van der Waals surface area contributed by atoms with Crippen LogP contribution in [-0.4, -0.2) is 47.3 Å². The Kier molecular flexibility index (Phi) is 6.22. The van der Waals surface area contributed by atoms with Crippen molar-refractivity contribution in [3.05, 3.63) is 28.7 Å². The standard InChI is InChI=1S/C16H15NO7S2/c1-23-10-5-3-4-8(13(10)24-2)6-11-14(20)17(16(25)26-11)9(15(21)22)7-12(18)19/h3-6,9H,7H2,1-2H3,(H,18,19)(H,21,22)/p-2/b11-6+/t9-/m0/s1. The van der Waals surface area contributed by atoms with E-state index in [9.17, 15) is 24.6 Å². The maximum Gasteiger partial charge on any atom is 0.266 e. The van der Waals surface area contributed by atoms with E-state index in [0.717, 1.165) is 11.8 Å². The number of hydrogen-bond donors (Lipinski definition) is 0. The highest BCUT2D eigenvalue weighted by Gasteiger charge is 2.38. The van der Waals surface area contributed by atoms with Gasteiger partial charge >= 0.3 is 0 Å². The molecular formula is C16H13NO7S2-2. The Morgan fingerprint density at radius 3 is 2.54 bits per heavy atom. The van der Waals surface area contributed by atoms with Crippen LogP contribution in [0.25, 0.3) is 6.08 Å². The number of ether oxygens (including phenoxy) is 2. The lowest BCUT2D eigenvalue weighted by molar-refractivity contribution is -0.319. The van der Waals surface area contributed by atoms with Crippen LogP contribution in [0, 0.1) is 0 Å². The molecule has 1 aromatic carbocycles. The summed E-state index contributed by atoms with van der Waals surface area (Å²) < 4.78 is 10.4. The summed E-state index contributed by atoms with van der Waals surface area (Å²) in [5.74, 6) is -3.27. The molecule has 0 aliphatic carbocycles. The van der Waals surface area contributed by atoms with Crippen molar-refractivity contribution < 1.29 is 34.1 Å². The normalized spacial score (nSPS) is 16.7. The lowest BCUT2D eigenvalue weighted by Crippen LogP contribution is -2.52. The van der Waals surface area contributed by atoms with Gasteiger partial charge in [0.25, 0.3) is 5.91 Å². The van der Waals surface area contributed by atoms with Gasteiger partial charge in [-0.2, -0.15) is 0 Å². The van der Waals surface area contributed by atoms with Gasteiger partial charge in [-0.05, 0) is 12.1 Å². The number of benzene rings is 1. The Balaban J connectivity index is 2.41. The smallest absolute Gasteiger partial charge is 0.266 e. The van der Waals surface area contributed by atoms with Crippen molar-refractivity contribution in [1.29, 1.82) is 0 Å². The molecule has 1 aliphatic rings. The molecule has 1 aliphatic heterocycles. The van der Waals surface area contributed by atoms with Crippen LogP contribution in [0.2, 0.25) is 0 Å². The van der Waals surface area contributed by atoms with E-state index in [2.05, 4.69) is 0 Å². The van der Waals surface area contributed by atoms with E-state index in [1.54, 1.807) is 18.2 Å². The Bertz CT molecular complexity index is 806. The number of amides is 1. The summed E-state index contributed by atoms with van der Waals surface area (Å²) >= 11 is 5.89. The van der Waals surface area contributed by atoms with E-state index in [4.69, 9.17) is 21.7 Å². The molecule has 138 valence electrons. The third-order valence-electron chi connectivity index (χ3n) is 3.49. The number of para-hydroxylation sites is 1. The second-order valence-corrected chi connectivity index (χ2v) is 6.72. The molecule has 0 aromatic heterocycles. The third-order valence-corrected chi connectivity index (χ3v) is 4.82. The fraction of sp³-hybridized carbons (Fsp3) is 0.250. The van der Waals surface area contributed by atoms with Gasteiger partial charge in [0, 0.05) is 18.0 Å². The molecular weight excluding hydrogens is 382 g/mol. The summed E-state index contributed by atoms with van der Waals surface area (Å²) in [5, 5.41) is 22.0. The number of thioether (sulfide) groups is 1. The van der Waals surface area contributed by atoms with Crippen LogP contribution in [-0.2, 0) is 14.4 Å². The minimum Gasteiger partial charge on any atom is -0.550 e. The molecule has 10 heteroatoms. The number of carbonyl (C=O) groups excluding carboxylic acids is 3. The maximum absolute atomic E-state index is 12.6. The van der Waals surface area contributed by atoms with Gasteiger partial charge in [-0.3, -0.25) is 9.69 Å². The predicted molar refractivity (Wildman–Crippen MR) is 93.0 cm³/mol. The van der Waals surface area contributed by atoms with Crippen molar-refractivity contribution >= 4 is 52.2 Å². The summed E-state index contributed by atoms with van der Waals surface area (Å²) in [6.07, 6.45) is 0.538. The van der Waals surface area contributed by atoms with Gasteiger partial charge in [0.1, 0.15) is 4.32 Å². The van der Waals surface area contributed by atoms with Crippen LogP contribution in [0.4, 0.5) is 0 Å². The Labute approximate surface area is 158 Å². The fourth-order valence-electron chi connectivity index (χ4n) is 2.35. The molecule has 2 rings (SSSR count). The molecule has 0 spiro atoms. The van der Waals surface area contributed by atoms with Gasteiger partial charge in [0.15, 0.2) is 11.5 Å². The van der Waals surface area contributed by atoms with Crippen LogP contribution < -0.4 is 19.7 Å². The van der Waals surface area contributed by atoms with Gasteiger partial charge in [0.2, 0.25) is 0 Å². The first-order chi connectivity index (χ1) is 12.3. The van der Waals surface area contributed by atoms with Crippen molar-refractivity contribution in [2.24, 2.45) is 0 Å². The minimum atomic E-state index is -1.74. The van der Waals surface area contributed by atoms with E-state index in [1.807, 2.05) is 0 Å². The summed E-state index contributed by atoms with van der Waals surface area (Å²) in [6, 6.07) is 3.29. The molecule has 1 fully saturated rings. The van der Waals surface area contributed by atoms with Crippen molar-refractivity contribution in [2.45, 2.75) is 12.5 Å². The fourth-order valence-corrected chi connectivity index (χ4v) is 3.70. The van der Waals surface area contributed by atoms with Crippen LogP contribution in [0.15, 0.2) is 23.1 Å². The van der Waals surface area contributed by atoms with E-state index in [-0.39, 0.29) is 9.23 Å². The summed E-state index contributed by atoms with van der Waals surface area (Å²) in [5.41, 5.74) is 0.511. The zero-order valence-electron chi connectivity index (χ0n) is 13.7. The molecule has 8 nitrogen and oxygen atoms in total. The predicted octanol–water partition coefficient (Wildman–Crippen LogP) is -0.837. The number of hydrogen-bond acceptors (Lipinski definition) is 9. The molecule has 0 radical (unpaired) electrons. The first-order valence-electron chi connectivity index (χ1n) is 7.18. The van der Waals surface area contributed by atoms with E-state index in [0.29, 0.717) is 22.0 Å². The monoisotopic (exact) mass is 395 g/mol. The second kappa shape index (κ2) is 8.19. The molecule has 0 N–H and O–H groups in total. The number of carboxylic acids is 2. The lowest BCUT2D eigenvalue weighted by atomic mass is 10.1. The zero-order chi connectivity index (χ0) is 19.4. The number of rotatable bonds is 7. The molecule has 1 saturated heterocycles. The van der Waals surface area contributed by atoms with Crippen LogP contribution in [0.5, 0.6) is 11.5 Å². The van der Waals surface area contributed by atoms with Crippen molar-refractivity contribution in [1.82, 2.24) is 4.90 Å². The molecule has 0 saturated carbocycles. The van der Waals surface area contributed by atoms with Crippen molar-refractivity contribution in [3.63, 3.8) is 0 Å². The summed E-state index contributed by atoms with van der Waals surface area (Å²) in [7, 11) is 2.90. The van der Waals surface area contributed by atoms with E-state index >= 15 is 0 Å². The Morgan fingerprint density at radius 1 is 1.31 bits per heavy atom. The number of nitrogens with zero attached hydrogens (tertiary/aromatic N) is 1. The first-order valence-corrected chi connectivity index (χ1v) is 8.41. The average Bonchev–Trinajstić information content (AvgIpc) is 2.85. The summed E-state index contributed by atoms with van der Waals surface area (Å²) in [4.78, 5) is 35.4. The number of carboxylic acid groups (broad SMARTS) is 2. The molecule has 1 atom stereocenters. The van der Waals surface area contributed by atoms with Gasteiger partial charge < -0.3 is 29.3 Å². The van der Waals surface area contributed by atoms with Gasteiger partial charge in [-0.25, -0.2) is 0 Å².